The fraction of sp³-hybridized carbons (Fsp3) is 0.0417. The van der Waals surface area contributed by atoms with Gasteiger partial charge in [-0.2, -0.15) is 0 Å². The van der Waals surface area contributed by atoms with Gasteiger partial charge in [0.25, 0.3) is 5.69 Å². The van der Waals surface area contributed by atoms with Gasteiger partial charge in [-0.15, -0.1) is 0 Å². The number of hydrogen-bond acceptors (Lipinski definition) is 8. The van der Waals surface area contributed by atoms with Gasteiger partial charge in [0.15, 0.2) is 17.2 Å². The predicted molar refractivity (Wildman–Crippen MR) is 126 cm³/mol. The molecule has 0 bridgehead atoms. The minimum atomic E-state index is -0.781. The van der Waals surface area contributed by atoms with E-state index in [1.807, 2.05) is 12.1 Å². The van der Waals surface area contributed by atoms with Crippen LogP contribution in [0.4, 0.5) is 5.69 Å². The van der Waals surface area contributed by atoms with Crippen LogP contribution < -0.4 is 9.47 Å². The maximum absolute atomic E-state index is 12.5. The van der Waals surface area contributed by atoms with Crippen molar-refractivity contribution in [1.82, 2.24) is 0 Å². The minimum Gasteiger partial charge on any atom is -0.493 e. The van der Waals surface area contributed by atoms with Crippen LogP contribution in [0.15, 0.2) is 81.9 Å². The van der Waals surface area contributed by atoms with Crippen LogP contribution in [0.25, 0.3) is 6.08 Å². The molecule has 0 amide bonds. The van der Waals surface area contributed by atoms with Crippen LogP contribution in [0.1, 0.15) is 21.5 Å². The molecule has 0 fully saturated rings. The molecule has 0 spiro atoms. The maximum Gasteiger partial charge on any atom is 0.363 e. The number of halogens is 1. The molecule has 3 aromatic rings. The summed E-state index contributed by atoms with van der Waals surface area (Å²) >= 11 is 3.35. The van der Waals surface area contributed by atoms with Crippen molar-refractivity contribution in [3.63, 3.8) is 0 Å². The van der Waals surface area contributed by atoms with E-state index in [2.05, 4.69) is 20.9 Å². The van der Waals surface area contributed by atoms with E-state index in [-0.39, 0.29) is 34.3 Å². The van der Waals surface area contributed by atoms with Crippen LogP contribution in [0.2, 0.25) is 0 Å². The Labute approximate surface area is 201 Å². The van der Waals surface area contributed by atoms with E-state index in [4.69, 9.17) is 14.2 Å². The van der Waals surface area contributed by atoms with E-state index < -0.39 is 16.9 Å². The van der Waals surface area contributed by atoms with Gasteiger partial charge >= 0.3 is 11.9 Å². The topological polar surface area (TPSA) is 117 Å². The van der Waals surface area contributed by atoms with Gasteiger partial charge in [-0.1, -0.05) is 28.1 Å². The Morgan fingerprint density at radius 3 is 2.56 bits per heavy atom. The Kier molecular flexibility index (Phi) is 6.51. The number of nitro groups is 1. The number of benzene rings is 3. The average molecular weight is 523 g/mol. The van der Waals surface area contributed by atoms with Gasteiger partial charge in [-0.3, -0.25) is 10.1 Å². The lowest BCUT2D eigenvalue weighted by atomic mass is 10.1. The molecule has 10 heteroatoms. The SMILES string of the molecule is COc1cc(/C=C2\N=C(c3ccc(Br)cc3)OC2=O)ccc1OC(=O)c1cccc([N+](=O)[O-])c1. The number of hydrogen-bond donors (Lipinski definition) is 0. The highest BCUT2D eigenvalue weighted by molar-refractivity contribution is 9.10. The van der Waals surface area contributed by atoms with E-state index in [0.29, 0.717) is 11.1 Å². The first-order chi connectivity index (χ1) is 16.3. The Hall–Kier alpha value is -4.31. The summed E-state index contributed by atoms with van der Waals surface area (Å²) in [4.78, 5) is 39.3. The summed E-state index contributed by atoms with van der Waals surface area (Å²) in [5, 5.41) is 10.9. The summed E-state index contributed by atoms with van der Waals surface area (Å²) in [5.74, 6) is -0.863. The van der Waals surface area contributed by atoms with E-state index in [9.17, 15) is 19.7 Å². The van der Waals surface area contributed by atoms with Gasteiger partial charge in [-0.25, -0.2) is 14.6 Å². The molecule has 1 heterocycles. The predicted octanol–water partition coefficient (Wildman–Crippen LogP) is 4.93. The molecule has 34 heavy (non-hydrogen) atoms. The molecule has 4 rings (SSSR count). The third-order valence-corrected chi connectivity index (χ3v) is 5.23. The lowest BCUT2D eigenvalue weighted by Gasteiger charge is -2.10. The molecule has 0 radical (unpaired) electrons. The van der Waals surface area contributed by atoms with Crippen molar-refractivity contribution in [1.29, 1.82) is 0 Å². The fourth-order valence-corrected chi connectivity index (χ4v) is 3.31. The monoisotopic (exact) mass is 522 g/mol. The van der Waals surface area contributed by atoms with Gasteiger partial charge < -0.3 is 14.2 Å². The second-order valence-corrected chi connectivity index (χ2v) is 7.87. The van der Waals surface area contributed by atoms with E-state index in [0.717, 1.165) is 10.5 Å². The molecule has 1 aliphatic heterocycles. The largest absolute Gasteiger partial charge is 0.493 e. The van der Waals surface area contributed by atoms with Crippen LogP contribution >= 0.6 is 15.9 Å². The van der Waals surface area contributed by atoms with Crippen LogP contribution in [0, 0.1) is 10.1 Å². The number of nitro benzene ring substituents is 1. The fourth-order valence-electron chi connectivity index (χ4n) is 3.05. The van der Waals surface area contributed by atoms with Crippen LogP contribution in [0.3, 0.4) is 0 Å². The standard InChI is InChI=1S/C24H15BrN2O7/c1-32-21-12-14(11-19-24(29)34-22(26-19)15-6-8-17(25)9-7-15)5-10-20(21)33-23(28)16-3-2-4-18(13-16)27(30)31/h2-13H,1H3/b19-11-. The molecule has 170 valence electrons. The van der Waals surface area contributed by atoms with Gasteiger partial charge in [0.2, 0.25) is 5.90 Å². The van der Waals surface area contributed by atoms with E-state index in [1.165, 1.54) is 37.5 Å². The molecule has 3 aromatic carbocycles. The number of nitrogens with zero attached hydrogens (tertiary/aromatic N) is 2. The lowest BCUT2D eigenvalue weighted by molar-refractivity contribution is -0.384. The quantitative estimate of drug-likeness (QED) is 0.148. The number of carbonyl (C=O) groups is 2. The van der Waals surface area contributed by atoms with Gasteiger partial charge in [0.1, 0.15) is 0 Å². The number of carbonyl (C=O) groups excluding carboxylic acids is 2. The Balaban J connectivity index is 1.56. The number of cyclic esters (lactones) is 1. The lowest BCUT2D eigenvalue weighted by Crippen LogP contribution is -2.09. The van der Waals surface area contributed by atoms with E-state index in [1.54, 1.807) is 24.3 Å². The third kappa shape index (κ3) is 5.02. The molecule has 1 aliphatic rings. The number of non-ortho nitro benzene ring substituents is 1. The van der Waals surface area contributed by atoms with E-state index >= 15 is 0 Å². The third-order valence-electron chi connectivity index (χ3n) is 4.70. The van der Waals surface area contributed by atoms with Crippen molar-refractivity contribution >= 4 is 45.5 Å². The molecule has 0 N–H and O–H groups in total. The van der Waals surface area contributed by atoms with Crippen molar-refractivity contribution in [3.8, 4) is 11.5 Å². The first kappa shape index (κ1) is 22.9. The van der Waals surface area contributed by atoms with Crippen LogP contribution in [-0.2, 0) is 9.53 Å². The Morgan fingerprint density at radius 2 is 1.85 bits per heavy atom. The summed E-state index contributed by atoms with van der Waals surface area (Å²) in [6.07, 6.45) is 1.52. The highest BCUT2D eigenvalue weighted by atomic mass is 79.9. The number of aliphatic imine (C=N–C) groups is 1. The highest BCUT2D eigenvalue weighted by Gasteiger charge is 2.24. The highest BCUT2D eigenvalue weighted by Crippen LogP contribution is 2.31. The van der Waals surface area contributed by atoms with Gasteiger partial charge in [0, 0.05) is 22.2 Å². The first-order valence-electron chi connectivity index (χ1n) is 9.77. The zero-order valence-corrected chi connectivity index (χ0v) is 19.1. The molecular weight excluding hydrogens is 508 g/mol. The Bertz CT molecular complexity index is 1360. The van der Waals surface area contributed by atoms with Crippen molar-refractivity contribution in [2.45, 2.75) is 0 Å². The number of esters is 2. The second kappa shape index (κ2) is 9.67. The minimum absolute atomic E-state index is 0.0194. The molecule has 0 atom stereocenters. The summed E-state index contributed by atoms with van der Waals surface area (Å²) in [5.41, 5.74) is 1.10. The van der Waals surface area contributed by atoms with Gasteiger partial charge in [-0.05, 0) is 54.1 Å². The molecule has 0 aliphatic carbocycles. The van der Waals surface area contributed by atoms with Gasteiger partial charge in [0.05, 0.1) is 17.6 Å². The number of methoxy groups -OCH3 is 1. The maximum atomic E-state index is 12.5. The van der Waals surface area contributed by atoms with Crippen molar-refractivity contribution in [2.24, 2.45) is 4.99 Å². The molecule has 0 saturated heterocycles. The van der Waals surface area contributed by atoms with Crippen LogP contribution in [-0.4, -0.2) is 29.9 Å². The molecule has 0 saturated carbocycles. The second-order valence-electron chi connectivity index (χ2n) is 6.95. The molecule has 0 unspecified atom stereocenters. The zero-order chi connectivity index (χ0) is 24.2. The molecular formula is C24H15BrN2O7. The normalized spacial score (nSPS) is 13.9. The summed E-state index contributed by atoms with van der Waals surface area (Å²) in [7, 11) is 1.39. The summed E-state index contributed by atoms with van der Waals surface area (Å²) < 4.78 is 16.8. The zero-order valence-electron chi connectivity index (χ0n) is 17.6. The summed E-state index contributed by atoms with van der Waals surface area (Å²) in [6, 6.07) is 17.0. The van der Waals surface area contributed by atoms with Crippen molar-refractivity contribution < 1.29 is 28.7 Å². The van der Waals surface area contributed by atoms with Crippen molar-refractivity contribution in [3.05, 3.63) is 104 Å². The average Bonchev–Trinajstić information content (AvgIpc) is 3.20. The first-order valence-corrected chi connectivity index (χ1v) is 10.6. The Morgan fingerprint density at radius 1 is 1.09 bits per heavy atom. The molecule has 9 nitrogen and oxygen atoms in total. The van der Waals surface area contributed by atoms with Crippen molar-refractivity contribution in [2.75, 3.05) is 7.11 Å². The smallest absolute Gasteiger partial charge is 0.363 e. The van der Waals surface area contributed by atoms with Crippen LogP contribution in [0.5, 0.6) is 11.5 Å². The summed E-state index contributed by atoms with van der Waals surface area (Å²) in [6.45, 7) is 0. The molecule has 0 aromatic heterocycles. The number of ether oxygens (including phenoxy) is 3. The number of rotatable bonds is 6.